The van der Waals surface area contributed by atoms with Gasteiger partial charge in [-0.05, 0) is 24.3 Å². The third-order valence-electron chi connectivity index (χ3n) is 2.50. The van der Waals surface area contributed by atoms with Crippen LogP contribution < -0.4 is 10.1 Å². The van der Waals surface area contributed by atoms with Crippen molar-refractivity contribution in [2.45, 2.75) is 0 Å². The van der Waals surface area contributed by atoms with E-state index in [1.54, 1.807) is 24.3 Å². The van der Waals surface area contributed by atoms with E-state index in [4.69, 9.17) is 16.3 Å². The van der Waals surface area contributed by atoms with Crippen molar-refractivity contribution in [2.24, 2.45) is 0 Å². The van der Waals surface area contributed by atoms with Gasteiger partial charge in [-0.15, -0.1) is 0 Å². The average molecular weight is 316 g/mol. The first-order valence-corrected chi connectivity index (χ1v) is 6.17. The third kappa shape index (κ3) is 3.66. The lowest BCUT2D eigenvalue weighted by molar-refractivity contribution is -0.118. The highest BCUT2D eigenvalue weighted by Crippen LogP contribution is 2.23. The van der Waals surface area contributed by atoms with Crippen molar-refractivity contribution in [3.8, 4) is 5.75 Å². The van der Waals surface area contributed by atoms with Gasteiger partial charge in [0.25, 0.3) is 5.91 Å². The fourth-order valence-corrected chi connectivity index (χ4v) is 1.70. The number of amides is 1. The molecule has 2 aromatic rings. The molecule has 0 aromatic heterocycles. The molecule has 0 fully saturated rings. The maximum Gasteiger partial charge on any atom is 0.262 e. The van der Waals surface area contributed by atoms with E-state index in [9.17, 15) is 18.0 Å². The zero-order valence-corrected chi connectivity index (χ0v) is 11.3. The summed E-state index contributed by atoms with van der Waals surface area (Å²) in [5.41, 5.74) is -0.471. The Hall–Kier alpha value is -2.21. The van der Waals surface area contributed by atoms with E-state index in [0.717, 1.165) is 6.07 Å². The molecule has 0 atom stereocenters. The number of nitrogens with one attached hydrogen (secondary N) is 1. The van der Waals surface area contributed by atoms with E-state index in [-0.39, 0.29) is 5.75 Å². The molecule has 7 heteroatoms. The predicted octanol–water partition coefficient (Wildman–Crippen LogP) is 3.77. The van der Waals surface area contributed by atoms with Gasteiger partial charge in [0.05, 0.1) is 10.7 Å². The first-order chi connectivity index (χ1) is 9.99. The number of hydrogen-bond donors (Lipinski definition) is 1. The maximum atomic E-state index is 13.4. The van der Waals surface area contributed by atoms with E-state index >= 15 is 0 Å². The fraction of sp³-hybridized carbons (Fsp3) is 0.0714. The normalized spacial score (nSPS) is 10.3. The highest BCUT2D eigenvalue weighted by molar-refractivity contribution is 6.32. The molecule has 0 aliphatic carbocycles. The van der Waals surface area contributed by atoms with Crippen LogP contribution in [0.25, 0.3) is 0 Å². The average Bonchev–Trinajstić information content (AvgIpc) is 2.47. The second-order valence-electron chi connectivity index (χ2n) is 3.99. The Morgan fingerprint density at radius 2 is 1.81 bits per heavy atom. The predicted molar refractivity (Wildman–Crippen MR) is 71.9 cm³/mol. The molecule has 110 valence electrons. The van der Waals surface area contributed by atoms with Crippen LogP contribution in [0.4, 0.5) is 18.9 Å². The van der Waals surface area contributed by atoms with Gasteiger partial charge in [-0.1, -0.05) is 23.7 Å². The van der Waals surface area contributed by atoms with Crippen LogP contribution in [0.5, 0.6) is 5.75 Å². The molecule has 0 aliphatic heterocycles. The molecule has 0 aliphatic rings. The van der Waals surface area contributed by atoms with E-state index in [1.807, 2.05) is 0 Å². The van der Waals surface area contributed by atoms with E-state index in [2.05, 4.69) is 5.32 Å². The number of halogens is 4. The molecular formula is C14H9ClF3NO2. The van der Waals surface area contributed by atoms with Gasteiger partial charge < -0.3 is 10.1 Å². The highest BCUT2D eigenvalue weighted by atomic mass is 35.5. The van der Waals surface area contributed by atoms with Crippen molar-refractivity contribution in [1.82, 2.24) is 0 Å². The Bertz CT molecular complexity index is 679. The summed E-state index contributed by atoms with van der Waals surface area (Å²) in [5.74, 6) is -4.92. The van der Waals surface area contributed by atoms with Crippen LogP contribution in [0.2, 0.25) is 5.02 Å². The lowest BCUT2D eigenvalue weighted by atomic mass is 10.3. The second-order valence-corrected chi connectivity index (χ2v) is 4.40. The van der Waals surface area contributed by atoms with Gasteiger partial charge >= 0.3 is 0 Å². The molecule has 0 saturated heterocycles. The summed E-state index contributed by atoms with van der Waals surface area (Å²) in [4.78, 5) is 11.6. The molecule has 2 aromatic carbocycles. The molecule has 2 rings (SSSR count). The van der Waals surface area contributed by atoms with Gasteiger partial charge in [0.2, 0.25) is 0 Å². The summed E-state index contributed by atoms with van der Waals surface area (Å²) >= 11 is 5.82. The van der Waals surface area contributed by atoms with Crippen LogP contribution in [0.1, 0.15) is 0 Å². The number of anilines is 1. The van der Waals surface area contributed by atoms with Gasteiger partial charge in [-0.3, -0.25) is 4.79 Å². The number of carbonyl (C=O) groups is 1. The molecule has 0 bridgehead atoms. The molecule has 21 heavy (non-hydrogen) atoms. The highest BCUT2D eigenvalue weighted by Gasteiger charge is 2.15. The molecular weight excluding hydrogens is 307 g/mol. The zero-order valence-electron chi connectivity index (χ0n) is 10.5. The minimum absolute atomic E-state index is 0.278. The van der Waals surface area contributed by atoms with E-state index in [0.29, 0.717) is 11.1 Å². The topological polar surface area (TPSA) is 38.3 Å². The Morgan fingerprint density at radius 1 is 1.10 bits per heavy atom. The van der Waals surface area contributed by atoms with Gasteiger partial charge in [0.1, 0.15) is 5.75 Å². The first-order valence-electron chi connectivity index (χ1n) is 5.79. The summed E-state index contributed by atoms with van der Waals surface area (Å²) in [6.45, 7) is -0.456. The SMILES string of the molecule is O=C(COc1ccccc1Cl)Nc1ccc(F)c(F)c1F. The van der Waals surface area contributed by atoms with Crippen molar-refractivity contribution in [3.63, 3.8) is 0 Å². The maximum absolute atomic E-state index is 13.4. The van der Waals surface area contributed by atoms with Crippen molar-refractivity contribution in [1.29, 1.82) is 0 Å². The van der Waals surface area contributed by atoms with E-state index < -0.39 is 35.7 Å². The molecule has 1 amide bonds. The number of ether oxygens (including phenoxy) is 1. The van der Waals surface area contributed by atoms with Crippen LogP contribution in [0.3, 0.4) is 0 Å². The summed E-state index contributed by atoms with van der Waals surface area (Å²) in [7, 11) is 0. The van der Waals surface area contributed by atoms with Crippen molar-refractivity contribution < 1.29 is 22.7 Å². The minimum atomic E-state index is -1.65. The monoisotopic (exact) mass is 315 g/mol. The van der Waals surface area contributed by atoms with Crippen LogP contribution in [0, 0.1) is 17.5 Å². The summed E-state index contributed by atoms with van der Waals surface area (Å²) < 4.78 is 44.2. The molecule has 3 nitrogen and oxygen atoms in total. The lowest BCUT2D eigenvalue weighted by Crippen LogP contribution is -2.21. The molecule has 0 unspecified atom stereocenters. The Balaban J connectivity index is 2.00. The Labute approximate surface area is 123 Å². The molecule has 1 N–H and O–H groups in total. The molecule has 0 saturated carbocycles. The summed E-state index contributed by atoms with van der Waals surface area (Å²) in [5, 5.41) is 2.39. The summed E-state index contributed by atoms with van der Waals surface area (Å²) in [6.07, 6.45) is 0. The van der Waals surface area contributed by atoms with Gasteiger partial charge in [-0.25, -0.2) is 13.2 Å². The van der Waals surface area contributed by atoms with Crippen LogP contribution in [-0.4, -0.2) is 12.5 Å². The lowest BCUT2D eigenvalue weighted by Gasteiger charge is -2.09. The standard InChI is InChI=1S/C14H9ClF3NO2/c15-8-3-1-2-4-11(8)21-7-12(20)19-10-6-5-9(16)13(17)14(10)18/h1-6H,7H2,(H,19,20). The summed E-state index contributed by atoms with van der Waals surface area (Å²) in [6, 6.07) is 8.10. The van der Waals surface area contributed by atoms with Crippen molar-refractivity contribution in [2.75, 3.05) is 11.9 Å². The van der Waals surface area contributed by atoms with Gasteiger partial charge in [0.15, 0.2) is 24.1 Å². The van der Waals surface area contributed by atoms with Crippen LogP contribution >= 0.6 is 11.6 Å². The Kier molecular flexibility index (Phi) is 4.70. The second kappa shape index (κ2) is 6.49. The van der Waals surface area contributed by atoms with Crippen LogP contribution in [0.15, 0.2) is 36.4 Å². The smallest absolute Gasteiger partial charge is 0.262 e. The number of benzene rings is 2. The van der Waals surface area contributed by atoms with E-state index in [1.165, 1.54) is 0 Å². The first kappa shape index (κ1) is 15.2. The largest absolute Gasteiger partial charge is 0.482 e. The molecule has 0 heterocycles. The quantitative estimate of drug-likeness (QED) is 0.872. The van der Waals surface area contributed by atoms with Crippen LogP contribution in [-0.2, 0) is 4.79 Å². The number of carbonyl (C=O) groups excluding carboxylic acids is 1. The molecule has 0 radical (unpaired) electrons. The minimum Gasteiger partial charge on any atom is -0.482 e. The van der Waals surface area contributed by atoms with Crippen molar-refractivity contribution >= 4 is 23.2 Å². The Morgan fingerprint density at radius 3 is 2.52 bits per heavy atom. The van der Waals surface area contributed by atoms with Gasteiger partial charge in [0, 0.05) is 0 Å². The molecule has 0 spiro atoms. The third-order valence-corrected chi connectivity index (χ3v) is 2.82. The zero-order chi connectivity index (χ0) is 15.4. The number of hydrogen-bond acceptors (Lipinski definition) is 2. The fourth-order valence-electron chi connectivity index (χ4n) is 1.51. The van der Waals surface area contributed by atoms with Crippen molar-refractivity contribution in [3.05, 3.63) is 58.9 Å². The van der Waals surface area contributed by atoms with Gasteiger partial charge in [-0.2, -0.15) is 0 Å². The number of para-hydroxylation sites is 1. The number of rotatable bonds is 4.